The first-order valence-corrected chi connectivity index (χ1v) is 9.07. The van der Waals surface area contributed by atoms with Crippen molar-refractivity contribution in [3.63, 3.8) is 0 Å². The Morgan fingerprint density at radius 1 is 1.36 bits per heavy atom. The Morgan fingerprint density at radius 2 is 2.16 bits per heavy atom. The summed E-state index contributed by atoms with van der Waals surface area (Å²) in [6, 6.07) is 11.7. The Kier molecular flexibility index (Phi) is 5.62. The van der Waals surface area contributed by atoms with Gasteiger partial charge in [-0.1, -0.05) is 23.8 Å². The van der Waals surface area contributed by atoms with Gasteiger partial charge in [-0.2, -0.15) is 5.10 Å². The molecule has 3 rings (SSSR count). The molecule has 8 heteroatoms. The second-order valence-electron chi connectivity index (χ2n) is 5.43. The number of nitrogens with zero attached hydrogens (tertiary/aromatic N) is 2. The number of aromatic nitrogens is 3. The Labute approximate surface area is 154 Å². The third-order valence-electron chi connectivity index (χ3n) is 3.52. The zero-order chi connectivity index (χ0) is 17.6. The number of aryl methyl sites for hydroxylation is 1. The van der Waals surface area contributed by atoms with Crippen LogP contribution in [0.15, 0.2) is 41.8 Å². The molecular weight excluding hydrogens is 356 g/mol. The Bertz CT molecular complexity index is 882. The number of ether oxygens (including phenoxy) is 1. The van der Waals surface area contributed by atoms with Crippen LogP contribution in [0.4, 0.5) is 0 Å². The largest absolute Gasteiger partial charge is 0.492 e. The molecule has 1 amide bonds. The third kappa shape index (κ3) is 4.55. The molecule has 0 saturated heterocycles. The molecule has 0 atom stereocenters. The number of benzene rings is 1. The lowest BCUT2D eigenvalue weighted by Gasteiger charge is -2.09. The van der Waals surface area contributed by atoms with Crippen LogP contribution in [0.1, 0.15) is 5.56 Å². The standard InChI is InChI=1S/C17H18N4O2S2/c1-12-4-6-13(7-5-12)23-9-8-18-15(22)11-21-16(19-20-17(21)24)14-3-2-10-25-14/h2-7,10H,8-9,11H2,1H3,(H,18,22)(H,20,24). The molecule has 0 unspecified atom stereocenters. The molecule has 0 aliphatic rings. The molecular formula is C17H18N4O2S2. The lowest BCUT2D eigenvalue weighted by molar-refractivity contribution is -0.121. The topological polar surface area (TPSA) is 71.9 Å². The number of H-pyrrole nitrogens is 1. The maximum atomic E-state index is 12.2. The minimum atomic E-state index is -0.136. The summed E-state index contributed by atoms with van der Waals surface area (Å²) in [5.41, 5.74) is 1.18. The summed E-state index contributed by atoms with van der Waals surface area (Å²) in [5.74, 6) is 1.32. The smallest absolute Gasteiger partial charge is 0.240 e. The number of aromatic amines is 1. The van der Waals surface area contributed by atoms with E-state index in [9.17, 15) is 4.79 Å². The summed E-state index contributed by atoms with van der Waals surface area (Å²) in [7, 11) is 0. The number of thiophene rings is 1. The van der Waals surface area contributed by atoms with Crippen LogP contribution in [0.5, 0.6) is 5.75 Å². The predicted octanol–water partition coefficient (Wildman–Crippen LogP) is 3.17. The molecule has 0 aliphatic carbocycles. The molecule has 3 aromatic rings. The molecule has 2 heterocycles. The second kappa shape index (κ2) is 8.09. The van der Waals surface area contributed by atoms with Gasteiger partial charge in [0.25, 0.3) is 0 Å². The van der Waals surface area contributed by atoms with Crippen LogP contribution in [0.25, 0.3) is 10.7 Å². The Morgan fingerprint density at radius 3 is 2.88 bits per heavy atom. The van der Waals surface area contributed by atoms with E-state index in [4.69, 9.17) is 17.0 Å². The van der Waals surface area contributed by atoms with Gasteiger partial charge in [-0.25, -0.2) is 0 Å². The van der Waals surface area contributed by atoms with E-state index in [1.165, 1.54) is 5.56 Å². The van der Waals surface area contributed by atoms with Crippen LogP contribution < -0.4 is 10.1 Å². The van der Waals surface area contributed by atoms with E-state index in [1.54, 1.807) is 15.9 Å². The fraction of sp³-hybridized carbons (Fsp3) is 0.235. The SMILES string of the molecule is Cc1ccc(OCCNC(=O)Cn2c(-c3cccs3)n[nH]c2=S)cc1. The highest BCUT2D eigenvalue weighted by Crippen LogP contribution is 2.22. The first-order valence-electron chi connectivity index (χ1n) is 7.79. The van der Waals surface area contributed by atoms with Crippen LogP contribution in [0.3, 0.4) is 0 Å². The summed E-state index contributed by atoms with van der Waals surface area (Å²) in [6.45, 7) is 2.97. The second-order valence-corrected chi connectivity index (χ2v) is 6.76. The number of hydrogen-bond donors (Lipinski definition) is 2. The summed E-state index contributed by atoms with van der Waals surface area (Å²) in [5, 5.41) is 11.7. The maximum Gasteiger partial charge on any atom is 0.240 e. The Balaban J connectivity index is 1.51. The van der Waals surface area contributed by atoms with Crippen LogP contribution in [0.2, 0.25) is 0 Å². The number of nitrogens with one attached hydrogen (secondary N) is 2. The highest BCUT2D eigenvalue weighted by Gasteiger charge is 2.12. The van der Waals surface area contributed by atoms with E-state index in [0.717, 1.165) is 10.6 Å². The molecule has 2 aromatic heterocycles. The highest BCUT2D eigenvalue weighted by atomic mass is 32.1. The first-order chi connectivity index (χ1) is 12.1. The number of amides is 1. The molecule has 0 radical (unpaired) electrons. The van der Waals surface area contributed by atoms with Gasteiger partial charge in [-0.15, -0.1) is 11.3 Å². The lowest BCUT2D eigenvalue weighted by atomic mass is 10.2. The summed E-state index contributed by atoms with van der Waals surface area (Å²) >= 11 is 6.77. The van der Waals surface area contributed by atoms with Gasteiger partial charge in [0.2, 0.25) is 5.91 Å². The molecule has 0 spiro atoms. The lowest BCUT2D eigenvalue weighted by Crippen LogP contribution is -2.31. The summed E-state index contributed by atoms with van der Waals surface area (Å²) in [6.07, 6.45) is 0. The van der Waals surface area contributed by atoms with Crippen molar-refractivity contribution in [3.8, 4) is 16.5 Å². The van der Waals surface area contributed by atoms with Crippen molar-refractivity contribution in [2.75, 3.05) is 13.2 Å². The highest BCUT2D eigenvalue weighted by molar-refractivity contribution is 7.71. The minimum absolute atomic E-state index is 0.118. The molecule has 25 heavy (non-hydrogen) atoms. The van der Waals surface area contributed by atoms with Gasteiger partial charge in [0, 0.05) is 0 Å². The number of hydrogen-bond acceptors (Lipinski definition) is 5. The van der Waals surface area contributed by atoms with Gasteiger partial charge in [0.05, 0.1) is 11.4 Å². The van der Waals surface area contributed by atoms with Gasteiger partial charge in [0.15, 0.2) is 10.6 Å². The zero-order valence-corrected chi connectivity index (χ0v) is 15.3. The van der Waals surface area contributed by atoms with Crippen LogP contribution in [-0.2, 0) is 11.3 Å². The van der Waals surface area contributed by atoms with E-state index < -0.39 is 0 Å². The van der Waals surface area contributed by atoms with Crippen molar-refractivity contribution in [1.29, 1.82) is 0 Å². The molecule has 130 valence electrons. The fourth-order valence-corrected chi connectivity index (χ4v) is 3.17. The van der Waals surface area contributed by atoms with E-state index >= 15 is 0 Å². The van der Waals surface area contributed by atoms with Crippen molar-refractivity contribution >= 4 is 29.5 Å². The maximum absolute atomic E-state index is 12.2. The van der Waals surface area contributed by atoms with E-state index in [1.807, 2.05) is 48.7 Å². The molecule has 0 bridgehead atoms. The van der Waals surface area contributed by atoms with Crippen molar-refractivity contribution in [3.05, 3.63) is 52.1 Å². The molecule has 0 aliphatic heterocycles. The van der Waals surface area contributed by atoms with Gasteiger partial charge in [0.1, 0.15) is 18.9 Å². The van der Waals surface area contributed by atoms with Crippen molar-refractivity contribution < 1.29 is 9.53 Å². The van der Waals surface area contributed by atoms with Crippen LogP contribution in [-0.4, -0.2) is 33.8 Å². The fourth-order valence-electron chi connectivity index (χ4n) is 2.25. The molecule has 0 fully saturated rings. The number of rotatable bonds is 7. The van der Waals surface area contributed by atoms with Gasteiger partial charge < -0.3 is 10.1 Å². The van der Waals surface area contributed by atoms with Crippen LogP contribution >= 0.6 is 23.6 Å². The zero-order valence-electron chi connectivity index (χ0n) is 13.7. The molecule has 2 N–H and O–H groups in total. The first kappa shape index (κ1) is 17.4. The van der Waals surface area contributed by atoms with E-state index in [-0.39, 0.29) is 12.5 Å². The van der Waals surface area contributed by atoms with Crippen molar-refractivity contribution in [2.45, 2.75) is 13.5 Å². The van der Waals surface area contributed by atoms with Gasteiger partial charge in [-0.05, 0) is 42.7 Å². The monoisotopic (exact) mass is 374 g/mol. The average Bonchev–Trinajstić information content (AvgIpc) is 3.24. The number of carbonyl (C=O) groups is 1. The Hall–Kier alpha value is -2.45. The minimum Gasteiger partial charge on any atom is -0.492 e. The van der Waals surface area contributed by atoms with Crippen molar-refractivity contribution in [2.24, 2.45) is 0 Å². The quantitative estimate of drug-likeness (QED) is 0.492. The normalized spacial score (nSPS) is 10.6. The molecule has 0 saturated carbocycles. The van der Waals surface area contributed by atoms with Crippen molar-refractivity contribution in [1.82, 2.24) is 20.1 Å². The number of carbonyl (C=O) groups excluding carboxylic acids is 1. The molecule has 1 aromatic carbocycles. The van der Waals surface area contributed by atoms with E-state index in [2.05, 4.69) is 15.5 Å². The summed E-state index contributed by atoms with van der Waals surface area (Å²) < 4.78 is 7.71. The summed E-state index contributed by atoms with van der Waals surface area (Å²) in [4.78, 5) is 13.1. The van der Waals surface area contributed by atoms with Gasteiger partial charge >= 0.3 is 0 Å². The van der Waals surface area contributed by atoms with E-state index in [0.29, 0.717) is 23.7 Å². The third-order valence-corrected chi connectivity index (χ3v) is 4.69. The predicted molar refractivity (Wildman–Crippen MR) is 100 cm³/mol. The van der Waals surface area contributed by atoms with Gasteiger partial charge in [-0.3, -0.25) is 14.5 Å². The average molecular weight is 374 g/mol. The van der Waals surface area contributed by atoms with Crippen LogP contribution in [0, 0.1) is 11.7 Å². The molecule has 6 nitrogen and oxygen atoms in total.